The van der Waals surface area contributed by atoms with Gasteiger partial charge in [0.1, 0.15) is 0 Å². The molecule has 0 atom stereocenters. The van der Waals surface area contributed by atoms with Crippen molar-refractivity contribution in [3.05, 3.63) is 58.1 Å². The molecule has 82 valence electrons. The van der Waals surface area contributed by atoms with Crippen LogP contribution in [0.2, 0.25) is 10.0 Å². The average Bonchev–Trinajstić information content (AvgIpc) is 2.26. The van der Waals surface area contributed by atoms with Gasteiger partial charge in [0.05, 0.1) is 15.7 Å². The molecule has 16 heavy (non-hydrogen) atoms. The molecule has 2 rings (SSSR count). The van der Waals surface area contributed by atoms with Gasteiger partial charge in [-0.2, -0.15) is 0 Å². The van der Waals surface area contributed by atoms with Gasteiger partial charge in [-0.1, -0.05) is 47.5 Å². The smallest absolute Gasteiger partial charge is 0.0762 e. The van der Waals surface area contributed by atoms with E-state index in [0.717, 1.165) is 16.9 Å². The number of anilines is 2. The number of nitrogens with one attached hydrogen (secondary N) is 1. The van der Waals surface area contributed by atoms with E-state index in [1.54, 1.807) is 0 Å². The predicted octanol–water partition coefficient (Wildman–Crippen LogP) is 5.05. The zero-order chi connectivity index (χ0) is 11.5. The first-order valence-electron chi connectivity index (χ1n) is 4.95. The Morgan fingerprint density at radius 1 is 0.875 bits per heavy atom. The second-order valence-corrected chi connectivity index (χ2v) is 4.35. The van der Waals surface area contributed by atoms with Crippen molar-refractivity contribution in [3.8, 4) is 0 Å². The van der Waals surface area contributed by atoms with E-state index in [2.05, 4.69) is 5.32 Å². The summed E-state index contributed by atoms with van der Waals surface area (Å²) in [6.45, 7) is 2.03. The Morgan fingerprint density at radius 2 is 1.50 bits per heavy atom. The van der Waals surface area contributed by atoms with Crippen molar-refractivity contribution in [3.63, 3.8) is 0 Å². The van der Waals surface area contributed by atoms with E-state index < -0.39 is 0 Å². The minimum atomic E-state index is 0.621. The van der Waals surface area contributed by atoms with Gasteiger partial charge in [-0.15, -0.1) is 0 Å². The maximum atomic E-state index is 6.08. The lowest BCUT2D eigenvalue weighted by atomic mass is 10.2. The number of hydrogen-bond donors (Lipinski definition) is 1. The molecule has 0 unspecified atom stereocenters. The molecule has 0 saturated heterocycles. The Labute approximate surface area is 105 Å². The van der Waals surface area contributed by atoms with Gasteiger partial charge in [-0.3, -0.25) is 0 Å². The largest absolute Gasteiger partial charge is 0.353 e. The second-order valence-electron chi connectivity index (χ2n) is 3.54. The second kappa shape index (κ2) is 4.77. The van der Waals surface area contributed by atoms with Crippen LogP contribution >= 0.6 is 23.2 Å². The highest BCUT2D eigenvalue weighted by Crippen LogP contribution is 2.33. The first kappa shape index (κ1) is 11.3. The van der Waals surface area contributed by atoms with Crippen LogP contribution in [0.15, 0.2) is 42.5 Å². The number of aryl methyl sites for hydroxylation is 1. The van der Waals surface area contributed by atoms with Gasteiger partial charge in [-0.25, -0.2) is 0 Å². The van der Waals surface area contributed by atoms with E-state index in [0.29, 0.717) is 10.0 Å². The monoisotopic (exact) mass is 251 g/mol. The lowest BCUT2D eigenvalue weighted by molar-refractivity contribution is 1.43. The van der Waals surface area contributed by atoms with E-state index >= 15 is 0 Å². The van der Waals surface area contributed by atoms with E-state index in [1.807, 2.05) is 49.4 Å². The first-order valence-corrected chi connectivity index (χ1v) is 5.71. The van der Waals surface area contributed by atoms with Crippen LogP contribution in [0, 0.1) is 6.92 Å². The number of hydrogen-bond acceptors (Lipinski definition) is 1. The normalized spacial score (nSPS) is 10.2. The first-order chi connectivity index (χ1) is 7.68. The van der Waals surface area contributed by atoms with Crippen molar-refractivity contribution in [2.45, 2.75) is 6.92 Å². The fraction of sp³-hybridized carbons (Fsp3) is 0.0769. The van der Waals surface area contributed by atoms with Crippen LogP contribution in [-0.2, 0) is 0 Å². The predicted molar refractivity (Wildman–Crippen MR) is 70.9 cm³/mol. The van der Waals surface area contributed by atoms with Crippen LogP contribution in [0.5, 0.6) is 0 Å². The molecule has 0 radical (unpaired) electrons. The van der Waals surface area contributed by atoms with Gasteiger partial charge in [-0.05, 0) is 30.7 Å². The van der Waals surface area contributed by atoms with Gasteiger partial charge in [0.15, 0.2) is 0 Å². The van der Waals surface area contributed by atoms with Crippen molar-refractivity contribution in [2.75, 3.05) is 5.32 Å². The molecule has 3 heteroatoms. The number of benzene rings is 2. The molecule has 0 spiro atoms. The van der Waals surface area contributed by atoms with Gasteiger partial charge in [0.2, 0.25) is 0 Å². The molecule has 0 saturated carbocycles. The van der Waals surface area contributed by atoms with Gasteiger partial charge >= 0.3 is 0 Å². The van der Waals surface area contributed by atoms with Gasteiger partial charge in [0, 0.05) is 5.69 Å². The van der Waals surface area contributed by atoms with Crippen LogP contribution in [0.1, 0.15) is 5.56 Å². The zero-order valence-corrected chi connectivity index (χ0v) is 10.3. The number of para-hydroxylation sites is 2. The number of rotatable bonds is 2. The Bertz CT molecular complexity index is 489. The van der Waals surface area contributed by atoms with Crippen molar-refractivity contribution < 1.29 is 0 Å². The molecule has 0 amide bonds. The summed E-state index contributed by atoms with van der Waals surface area (Å²) in [7, 11) is 0. The Kier molecular flexibility index (Phi) is 3.37. The highest BCUT2D eigenvalue weighted by molar-refractivity contribution is 6.39. The fourth-order valence-corrected chi connectivity index (χ4v) is 1.96. The topological polar surface area (TPSA) is 12.0 Å². The highest BCUT2D eigenvalue weighted by atomic mass is 35.5. The lowest BCUT2D eigenvalue weighted by Crippen LogP contribution is -1.94. The summed E-state index contributed by atoms with van der Waals surface area (Å²) >= 11 is 12.2. The van der Waals surface area contributed by atoms with E-state index in [4.69, 9.17) is 23.2 Å². The summed E-state index contributed by atoms with van der Waals surface area (Å²) in [5, 5.41) is 4.49. The quantitative estimate of drug-likeness (QED) is 0.788. The molecule has 0 fully saturated rings. The molecular weight excluding hydrogens is 241 g/mol. The van der Waals surface area contributed by atoms with E-state index in [9.17, 15) is 0 Å². The van der Waals surface area contributed by atoms with E-state index in [-0.39, 0.29) is 0 Å². The van der Waals surface area contributed by atoms with Gasteiger partial charge in [0.25, 0.3) is 0 Å². The third-order valence-corrected chi connectivity index (χ3v) is 3.00. The lowest BCUT2D eigenvalue weighted by Gasteiger charge is -2.12. The average molecular weight is 252 g/mol. The van der Waals surface area contributed by atoms with Crippen LogP contribution < -0.4 is 5.32 Å². The number of halogens is 2. The highest BCUT2D eigenvalue weighted by Gasteiger charge is 2.06. The molecule has 1 N–H and O–H groups in total. The van der Waals surface area contributed by atoms with Crippen molar-refractivity contribution >= 4 is 34.6 Å². The van der Waals surface area contributed by atoms with Crippen molar-refractivity contribution in [1.29, 1.82) is 0 Å². The maximum Gasteiger partial charge on any atom is 0.0762 e. The van der Waals surface area contributed by atoms with E-state index in [1.165, 1.54) is 0 Å². The summed E-state index contributed by atoms with van der Waals surface area (Å²) < 4.78 is 0. The minimum Gasteiger partial charge on any atom is -0.353 e. The Hall–Kier alpha value is -1.18. The molecule has 1 nitrogen and oxygen atoms in total. The molecule has 0 bridgehead atoms. The summed E-state index contributed by atoms with van der Waals surface area (Å²) in [6.07, 6.45) is 0. The molecule has 0 aromatic heterocycles. The molecule has 0 aliphatic rings. The fourth-order valence-electron chi connectivity index (χ4n) is 1.47. The maximum absolute atomic E-state index is 6.08. The molecule has 0 heterocycles. The van der Waals surface area contributed by atoms with Crippen LogP contribution in [-0.4, -0.2) is 0 Å². The van der Waals surface area contributed by atoms with Crippen molar-refractivity contribution in [2.24, 2.45) is 0 Å². The van der Waals surface area contributed by atoms with Gasteiger partial charge < -0.3 is 5.32 Å². The molecule has 2 aromatic carbocycles. The molecule has 0 aliphatic carbocycles. The molecular formula is C13H11Cl2N. The third-order valence-electron chi connectivity index (χ3n) is 2.37. The van der Waals surface area contributed by atoms with Crippen LogP contribution in [0.3, 0.4) is 0 Å². The summed E-state index contributed by atoms with van der Waals surface area (Å²) in [6, 6.07) is 13.5. The molecule has 2 aromatic rings. The van der Waals surface area contributed by atoms with Crippen LogP contribution in [0.4, 0.5) is 11.4 Å². The standard InChI is InChI=1S/C13H11Cl2N/c1-9-5-2-3-8-12(9)16-13-10(14)6-4-7-11(13)15/h2-8,16H,1H3. The Balaban J connectivity index is 2.38. The SMILES string of the molecule is Cc1ccccc1Nc1c(Cl)cccc1Cl. The Morgan fingerprint density at radius 3 is 2.12 bits per heavy atom. The van der Waals surface area contributed by atoms with Crippen molar-refractivity contribution in [1.82, 2.24) is 0 Å². The minimum absolute atomic E-state index is 0.621. The third kappa shape index (κ3) is 2.31. The summed E-state index contributed by atoms with van der Waals surface area (Å²) in [5.41, 5.74) is 2.91. The zero-order valence-electron chi connectivity index (χ0n) is 8.80. The molecule has 0 aliphatic heterocycles. The van der Waals surface area contributed by atoms with Crippen LogP contribution in [0.25, 0.3) is 0 Å². The summed E-state index contributed by atoms with van der Waals surface area (Å²) in [5.74, 6) is 0. The summed E-state index contributed by atoms with van der Waals surface area (Å²) in [4.78, 5) is 0.